The van der Waals surface area contributed by atoms with Gasteiger partial charge in [0.2, 0.25) is 0 Å². The molecule has 23 heavy (non-hydrogen) atoms. The van der Waals surface area contributed by atoms with Crippen molar-refractivity contribution >= 4 is 11.5 Å². The lowest BCUT2D eigenvalue weighted by Crippen LogP contribution is -2.57. The average Bonchev–Trinajstić information content (AvgIpc) is 2.36. The number of nitrogens with one attached hydrogen (secondary N) is 1. The van der Waals surface area contributed by atoms with Gasteiger partial charge >= 0.3 is 0 Å². The Labute approximate surface area is 140 Å². The van der Waals surface area contributed by atoms with E-state index in [4.69, 9.17) is 4.99 Å². The number of hydrogen-bond acceptors (Lipinski definition) is 1. The summed E-state index contributed by atoms with van der Waals surface area (Å²) in [5, 5.41) is 3.56. The Kier molecular flexibility index (Phi) is 3.21. The molecule has 0 aliphatic heterocycles. The number of benzene rings is 1. The van der Waals surface area contributed by atoms with E-state index in [0.717, 1.165) is 11.8 Å². The maximum absolute atomic E-state index is 5.30. The minimum atomic E-state index is 0.197. The van der Waals surface area contributed by atoms with Crippen molar-refractivity contribution < 1.29 is 0 Å². The molecule has 4 aliphatic rings. The fourth-order valence-corrected chi connectivity index (χ4v) is 6.80. The van der Waals surface area contributed by atoms with Crippen molar-refractivity contribution in [3.8, 4) is 0 Å². The molecule has 4 aliphatic carbocycles. The highest BCUT2D eigenvalue weighted by molar-refractivity contribution is 5.94. The first-order chi connectivity index (χ1) is 10.8. The van der Waals surface area contributed by atoms with E-state index in [-0.39, 0.29) is 5.54 Å². The largest absolute Gasteiger partial charge is 0.344 e. The molecule has 4 bridgehead atoms. The lowest BCUT2D eigenvalue weighted by Gasteiger charge is -2.64. The molecule has 2 unspecified atom stereocenters. The SMILES string of the molecule is CC(=NC12CC3CC(C)(CC(C)(C3)C1)C2)Nc1ccccc1C. The molecule has 0 spiro atoms. The molecule has 2 heteroatoms. The van der Waals surface area contributed by atoms with Crippen LogP contribution in [0, 0.1) is 23.7 Å². The highest BCUT2D eigenvalue weighted by Crippen LogP contribution is 2.67. The van der Waals surface area contributed by atoms with E-state index in [1.807, 2.05) is 0 Å². The van der Waals surface area contributed by atoms with Gasteiger partial charge in [0.25, 0.3) is 0 Å². The van der Waals surface area contributed by atoms with Gasteiger partial charge in [-0.2, -0.15) is 0 Å². The van der Waals surface area contributed by atoms with Gasteiger partial charge in [-0.15, -0.1) is 0 Å². The molecule has 5 rings (SSSR count). The van der Waals surface area contributed by atoms with E-state index in [1.165, 1.54) is 49.8 Å². The number of amidine groups is 1. The number of anilines is 1. The Morgan fingerprint density at radius 1 is 1.04 bits per heavy atom. The van der Waals surface area contributed by atoms with Crippen LogP contribution in [-0.2, 0) is 0 Å². The van der Waals surface area contributed by atoms with E-state index in [1.54, 1.807) is 0 Å². The van der Waals surface area contributed by atoms with Crippen LogP contribution >= 0.6 is 0 Å². The van der Waals surface area contributed by atoms with Gasteiger partial charge in [0.05, 0.1) is 11.4 Å². The van der Waals surface area contributed by atoms with Crippen LogP contribution in [0.4, 0.5) is 5.69 Å². The molecule has 0 amide bonds. The first-order valence-electron chi connectivity index (χ1n) is 9.18. The lowest BCUT2D eigenvalue weighted by atomic mass is 9.43. The second-order valence-electron chi connectivity index (χ2n) is 9.49. The Morgan fingerprint density at radius 3 is 2.30 bits per heavy atom. The molecular formula is C21H30N2. The van der Waals surface area contributed by atoms with Gasteiger partial charge in [-0.3, -0.25) is 4.99 Å². The predicted octanol–water partition coefficient (Wildman–Crippen LogP) is 5.57. The second-order valence-corrected chi connectivity index (χ2v) is 9.49. The topological polar surface area (TPSA) is 24.4 Å². The molecule has 1 aromatic carbocycles. The van der Waals surface area contributed by atoms with Crippen molar-refractivity contribution in [2.24, 2.45) is 21.7 Å². The molecule has 0 heterocycles. The first kappa shape index (κ1) is 15.2. The van der Waals surface area contributed by atoms with Gasteiger partial charge in [0, 0.05) is 5.69 Å². The van der Waals surface area contributed by atoms with Crippen LogP contribution in [0.5, 0.6) is 0 Å². The molecule has 4 fully saturated rings. The lowest BCUT2D eigenvalue weighted by molar-refractivity contribution is -0.104. The van der Waals surface area contributed by atoms with E-state index in [2.05, 4.69) is 57.3 Å². The van der Waals surface area contributed by atoms with Gasteiger partial charge in [-0.25, -0.2) is 0 Å². The van der Waals surface area contributed by atoms with Crippen LogP contribution in [0.25, 0.3) is 0 Å². The molecule has 124 valence electrons. The molecular weight excluding hydrogens is 280 g/mol. The minimum Gasteiger partial charge on any atom is -0.344 e. The summed E-state index contributed by atoms with van der Waals surface area (Å²) in [4.78, 5) is 5.30. The third-order valence-electron chi connectivity index (χ3n) is 6.46. The Hall–Kier alpha value is -1.31. The quantitative estimate of drug-likeness (QED) is 0.560. The maximum Gasteiger partial charge on any atom is 0.0982 e. The van der Waals surface area contributed by atoms with Crippen LogP contribution in [0.15, 0.2) is 29.3 Å². The fourth-order valence-electron chi connectivity index (χ4n) is 6.80. The fraction of sp³-hybridized carbons (Fsp3) is 0.667. The number of aryl methyl sites for hydroxylation is 1. The summed E-state index contributed by atoms with van der Waals surface area (Å²) >= 11 is 0. The summed E-state index contributed by atoms with van der Waals surface area (Å²) in [7, 11) is 0. The summed E-state index contributed by atoms with van der Waals surface area (Å²) in [6.45, 7) is 9.34. The summed E-state index contributed by atoms with van der Waals surface area (Å²) < 4.78 is 0. The van der Waals surface area contributed by atoms with E-state index in [0.29, 0.717) is 10.8 Å². The zero-order valence-electron chi connectivity index (χ0n) is 15.1. The van der Waals surface area contributed by atoms with Gasteiger partial charge in [-0.1, -0.05) is 32.0 Å². The predicted molar refractivity (Wildman–Crippen MR) is 98.0 cm³/mol. The molecule has 0 aromatic heterocycles. The molecule has 2 nitrogen and oxygen atoms in total. The Bertz CT molecular complexity index is 642. The number of hydrogen-bond donors (Lipinski definition) is 1. The molecule has 1 N–H and O–H groups in total. The zero-order chi connectivity index (χ0) is 16.3. The molecule has 2 atom stereocenters. The Balaban J connectivity index is 1.61. The van der Waals surface area contributed by atoms with Crippen LogP contribution in [0.3, 0.4) is 0 Å². The van der Waals surface area contributed by atoms with Crippen molar-refractivity contribution in [1.29, 1.82) is 0 Å². The van der Waals surface area contributed by atoms with Crippen LogP contribution in [0.2, 0.25) is 0 Å². The summed E-state index contributed by atoms with van der Waals surface area (Å²) in [5.74, 6) is 1.99. The van der Waals surface area contributed by atoms with Gasteiger partial charge in [0.15, 0.2) is 0 Å². The third-order valence-corrected chi connectivity index (χ3v) is 6.46. The number of aliphatic imine (C=N–C) groups is 1. The van der Waals surface area contributed by atoms with Gasteiger partial charge in [-0.05, 0) is 80.8 Å². The van der Waals surface area contributed by atoms with Crippen molar-refractivity contribution in [3.05, 3.63) is 29.8 Å². The number of rotatable bonds is 2. The summed E-state index contributed by atoms with van der Waals surface area (Å²) in [6, 6.07) is 8.49. The molecule has 4 saturated carbocycles. The van der Waals surface area contributed by atoms with Crippen LogP contribution in [-0.4, -0.2) is 11.4 Å². The highest BCUT2D eigenvalue weighted by Gasteiger charge is 2.60. The molecule has 0 saturated heterocycles. The summed E-state index contributed by atoms with van der Waals surface area (Å²) in [5.41, 5.74) is 3.73. The molecule has 0 radical (unpaired) electrons. The van der Waals surface area contributed by atoms with Gasteiger partial charge < -0.3 is 5.32 Å². The van der Waals surface area contributed by atoms with Crippen molar-refractivity contribution in [3.63, 3.8) is 0 Å². The van der Waals surface area contributed by atoms with Crippen molar-refractivity contribution in [1.82, 2.24) is 0 Å². The van der Waals surface area contributed by atoms with Crippen molar-refractivity contribution in [2.75, 3.05) is 5.32 Å². The minimum absolute atomic E-state index is 0.197. The monoisotopic (exact) mass is 310 g/mol. The smallest absolute Gasteiger partial charge is 0.0982 e. The van der Waals surface area contributed by atoms with Crippen LogP contribution in [0.1, 0.15) is 64.9 Å². The normalized spacial score (nSPS) is 42.1. The van der Waals surface area contributed by atoms with Crippen molar-refractivity contribution in [2.45, 2.75) is 71.8 Å². The second kappa shape index (κ2) is 4.84. The van der Waals surface area contributed by atoms with E-state index in [9.17, 15) is 0 Å². The standard InChI is InChI=1S/C21H30N2/c1-15-7-5-6-8-18(15)22-16(2)23-21-11-17-9-19(3,13-21)12-20(4,10-17)14-21/h5-8,17H,9-14H2,1-4H3,(H,22,23). The molecule has 1 aromatic rings. The zero-order valence-corrected chi connectivity index (χ0v) is 15.1. The average molecular weight is 310 g/mol. The Morgan fingerprint density at radius 2 is 1.70 bits per heavy atom. The number of para-hydroxylation sites is 1. The summed E-state index contributed by atoms with van der Waals surface area (Å²) in [6.07, 6.45) is 8.18. The maximum atomic E-state index is 5.30. The first-order valence-corrected chi connectivity index (χ1v) is 9.18. The van der Waals surface area contributed by atoms with Crippen LogP contribution < -0.4 is 5.32 Å². The van der Waals surface area contributed by atoms with Gasteiger partial charge in [0.1, 0.15) is 0 Å². The highest BCUT2D eigenvalue weighted by atomic mass is 15.0. The van der Waals surface area contributed by atoms with E-state index >= 15 is 0 Å². The third kappa shape index (κ3) is 2.70. The number of nitrogens with zero attached hydrogens (tertiary/aromatic N) is 1. The van der Waals surface area contributed by atoms with E-state index < -0.39 is 0 Å².